The molecule has 1 aromatic rings. The minimum Gasteiger partial charge on any atom is -0.255 e. The molecule has 66 valence electrons. The molecule has 0 aliphatic rings. The number of nitrogens with zero attached hydrogens (tertiary/aromatic N) is 1. The van der Waals surface area contributed by atoms with Crippen LogP contribution >= 0.6 is 22.6 Å². The minimum atomic E-state index is -2.59. The van der Waals surface area contributed by atoms with Crippen molar-refractivity contribution in [2.75, 3.05) is 0 Å². The molecule has 12 heavy (non-hydrogen) atoms. The lowest BCUT2D eigenvalue weighted by Gasteiger charge is -2.01. The summed E-state index contributed by atoms with van der Waals surface area (Å²) in [6.45, 7) is -0.672. The number of hydrogen-bond acceptors (Lipinski definition) is 1. The van der Waals surface area contributed by atoms with Gasteiger partial charge in [0.15, 0.2) is 0 Å². The Balaban J connectivity index is 3.02. The van der Waals surface area contributed by atoms with Gasteiger partial charge in [-0.3, -0.25) is 4.98 Å². The number of hydrogen-bond donors (Lipinski definition) is 0. The molecule has 0 amide bonds. The van der Waals surface area contributed by atoms with Crippen molar-refractivity contribution in [2.45, 2.75) is 13.1 Å². The zero-order valence-corrected chi connectivity index (χ0v) is 8.06. The van der Waals surface area contributed by atoms with Crippen LogP contribution in [0.15, 0.2) is 12.3 Å². The predicted molar refractivity (Wildman–Crippen MR) is 46.7 cm³/mol. The van der Waals surface area contributed by atoms with Crippen molar-refractivity contribution in [1.29, 1.82) is 0 Å². The molecule has 0 radical (unpaired) electrons. The van der Waals surface area contributed by atoms with E-state index in [1.165, 1.54) is 6.07 Å². The minimum absolute atomic E-state index is 0.309. The average molecular weight is 287 g/mol. The summed E-state index contributed by atoms with van der Waals surface area (Å²) in [5.74, 6) is 0. The number of pyridine rings is 1. The van der Waals surface area contributed by atoms with Gasteiger partial charge in [-0.1, -0.05) is 0 Å². The molecule has 1 nitrogen and oxygen atoms in total. The Morgan fingerprint density at radius 2 is 2.17 bits per heavy atom. The molecule has 5 heteroatoms. The molecule has 0 spiro atoms. The van der Waals surface area contributed by atoms with Crippen LogP contribution in [0.25, 0.3) is 0 Å². The first-order chi connectivity index (χ1) is 5.65. The van der Waals surface area contributed by atoms with E-state index in [1.807, 2.05) is 0 Å². The van der Waals surface area contributed by atoms with E-state index >= 15 is 0 Å². The molecule has 1 aromatic heterocycles. The van der Waals surface area contributed by atoms with Crippen LogP contribution in [0.5, 0.6) is 0 Å². The fourth-order valence-electron chi connectivity index (χ4n) is 0.692. The van der Waals surface area contributed by atoms with Crippen LogP contribution in [0.3, 0.4) is 0 Å². The maximum atomic E-state index is 12.1. The molecule has 0 saturated heterocycles. The Kier molecular flexibility index (Phi) is 3.30. The molecule has 0 saturated carbocycles. The van der Waals surface area contributed by atoms with Gasteiger partial charge in [-0.05, 0) is 28.7 Å². The Morgan fingerprint density at radius 1 is 1.50 bits per heavy atom. The molecular formula is C7H5F3IN. The molecule has 1 heterocycles. The lowest BCUT2D eigenvalue weighted by atomic mass is 10.3. The van der Waals surface area contributed by atoms with Crippen LogP contribution < -0.4 is 0 Å². The normalized spacial score (nSPS) is 10.8. The molecule has 1 rings (SSSR count). The molecular weight excluding hydrogens is 282 g/mol. The molecule has 0 atom stereocenters. The van der Waals surface area contributed by atoms with Gasteiger partial charge >= 0.3 is 0 Å². The number of rotatable bonds is 2. The highest BCUT2D eigenvalue weighted by Gasteiger charge is 2.10. The van der Waals surface area contributed by atoms with Gasteiger partial charge in [-0.25, -0.2) is 13.2 Å². The van der Waals surface area contributed by atoms with E-state index in [-0.39, 0.29) is 5.69 Å². The Bertz CT molecular complexity index is 277. The monoisotopic (exact) mass is 287 g/mol. The molecule has 0 aliphatic heterocycles. The Labute approximate surface area is 81.1 Å². The summed E-state index contributed by atoms with van der Waals surface area (Å²) in [6, 6.07) is 1.19. The molecule has 0 aliphatic carbocycles. The number of alkyl halides is 3. The third-order valence-electron chi connectivity index (χ3n) is 1.32. The van der Waals surface area contributed by atoms with Crippen LogP contribution in [0, 0.1) is 3.57 Å². The van der Waals surface area contributed by atoms with Crippen molar-refractivity contribution in [3.63, 3.8) is 0 Å². The van der Waals surface area contributed by atoms with Gasteiger partial charge in [-0.2, -0.15) is 0 Å². The van der Waals surface area contributed by atoms with Gasteiger partial charge in [0.1, 0.15) is 12.4 Å². The first kappa shape index (κ1) is 9.76. The van der Waals surface area contributed by atoms with E-state index in [4.69, 9.17) is 0 Å². The van der Waals surface area contributed by atoms with E-state index in [2.05, 4.69) is 4.98 Å². The van der Waals surface area contributed by atoms with Crippen molar-refractivity contribution in [3.05, 3.63) is 27.1 Å². The zero-order valence-electron chi connectivity index (χ0n) is 5.90. The lowest BCUT2D eigenvalue weighted by Crippen LogP contribution is -1.94. The predicted octanol–water partition coefficient (Wildman–Crippen LogP) is 3.09. The number of aromatic nitrogens is 1. The largest absolute Gasteiger partial charge is 0.280 e. The standard InChI is InChI=1S/C7H5F3IN/c8-2-4-3-12-6(7(9)10)1-5(4)11/h1,3,7H,2H2. The van der Waals surface area contributed by atoms with E-state index in [1.54, 1.807) is 22.6 Å². The molecule has 0 N–H and O–H groups in total. The zero-order chi connectivity index (χ0) is 9.14. The SMILES string of the molecule is FCc1cnc(C(F)F)cc1I. The highest BCUT2D eigenvalue weighted by molar-refractivity contribution is 14.1. The molecule has 0 fully saturated rings. The second-order valence-corrected chi connectivity index (χ2v) is 3.30. The van der Waals surface area contributed by atoms with Gasteiger partial charge in [0.05, 0.1) is 0 Å². The first-order valence-corrected chi connectivity index (χ1v) is 4.21. The molecule has 0 aromatic carbocycles. The van der Waals surface area contributed by atoms with E-state index in [0.29, 0.717) is 9.13 Å². The molecule has 0 unspecified atom stereocenters. The van der Waals surface area contributed by atoms with Crippen molar-refractivity contribution in [2.24, 2.45) is 0 Å². The molecule has 0 bridgehead atoms. The summed E-state index contributed by atoms with van der Waals surface area (Å²) >= 11 is 1.81. The van der Waals surface area contributed by atoms with Crippen molar-refractivity contribution in [3.8, 4) is 0 Å². The summed E-state index contributed by atoms with van der Waals surface area (Å²) in [5, 5.41) is 0. The Morgan fingerprint density at radius 3 is 2.58 bits per heavy atom. The lowest BCUT2D eigenvalue weighted by molar-refractivity contribution is 0.146. The van der Waals surface area contributed by atoms with Gasteiger partial charge in [-0.15, -0.1) is 0 Å². The van der Waals surface area contributed by atoms with Crippen LogP contribution in [-0.4, -0.2) is 4.98 Å². The Hall–Kier alpha value is -0.330. The summed E-state index contributed by atoms with van der Waals surface area (Å²) in [7, 11) is 0. The third kappa shape index (κ3) is 2.09. The van der Waals surface area contributed by atoms with Gasteiger partial charge < -0.3 is 0 Å². The fraction of sp³-hybridized carbons (Fsp3) is 0.286. The van der Waals surface area contributed by atoms with Crippen LogP contribution in [0.4, 0.5) is 13.2 Å². The fourth-order valence-corrected chi connectivity index (χ4v) is 1.29. The first-order valence-electron chi connectivity index (χ1n) is 3.13. The summed E-state index contributed by atoms with van der Waals surface area (Å²) in [5.41, 5.74) is 0.0385. The van der Waals surface area contributed by atoms with Crippen molar-refractivity contribution in [1.82, 2.24) is 4.98 Å². The summed E-state index contributed by atoms with van der Waals surface area (Å²) in [4.78, 5) is 3.42. The highest BCUT2D eigenvalue weighted by atomic mass is 127. The summed E-state index contributed by atoms with van der Waals surface area (Å²) < 4.78 is 36.6. The highest BCUT2D eigenvalue weighted by Crippen LogP contribution is 2.20. The summed E-state index contributed by atoms with van der Waals surface area (Å²) in [6.07, 6.45) is -1.45. The van der Waals surface area contributed by atoms with Gasteiger partial charge in [0.25, 0.3) is 6.43 Å². The van der Waals surface area contributed by atoms with E-state index < -0.39 is 13.1 Å². The maximum absolute atomic E-state index is 12.1. The topological polar surface area (TPSA) is 12.9 Å². The van der Waals surface area contributed by atoms with Gasteiger partial charge in [0.2, 0.25) is 0 Å². The number of halogens is 4. The van der Waals surface area contributed by atoms with E-state index in [0.717, 1.165) is 6.20 Å². The van der Waals surface area contributed by atoms with Crippen LogP contribution in [0.2, 0.25) is 0 Å². The second-order valence-electron chi connectivity index (χ2n) is 2.13. The van der Waals surface area contributed by atoms with Crippen molar-refractivity contribution >= 4 is 22.6 Å². The maximum Gasteiger partial charge on any atom is 0.280 e. The second kappa shape index (κ2) is 4.06. The van der Waals surface area contributed by atoms with Gasteiger partial charge in [0, 0.05) is 15.3 Å². The average Bonchev–Trinajstić information content (AvgIpc) is 2.04. The van der Waals surface area contributed by atoms with Crippen molar-refractivity contribution < 1.29 is 13.2 Å². The third-order valence-corrected chi connectivity index (χ3v) is 2.32. The van der Waals surface area contributed by atoms with Crippen LogP contribution in [0.1, 0.15) is 17.7 Å². The van der Waals surface area contributed by atoms with Crippen LogP contribution in [-0.2, 0) is 6.67 Å². The quantitative estimate of drug-likeness (QED) is 0.762. The smallest absolute Gasteiger partial charge is 0.255 e. The van der Waals surface area contributed by atoms with E-state index in [9.17, 15) is 13.2 Å².